The van der Waals surface area contributed by atoms with Gasteiger partial charge in [-0.05, 0) is 24.3 Å². The molecule has 0 bridgehead atoms. The lowest BCUT2D eigenvalue weighted by atomic mass is 10.2. The molecule has 2 heterocycles. The van der Waals surface area contributed by atoms with Gasteiger partial charge in [-0.15, -0.1) is 0 Å². The van der Waals surface area contributed by atoms with Gasteiger partial charge in [0.25, 0.3) is 0 Å². The number of ketones is 1. The van der Waals surface area contributed by atoms with Crippen LogP contribution in [-0.2, 0) is 13.2 Å². The molecule has 0 saturated carbocycles. The predicted molar refractivity (Wildman–Crippen MR) is 70.8 cm³/mol. The normalized spacial score (nSPS) is 12.0. The molecule has 0 unspecified atom stereocenters. The van der Waals surface area contributed by atoms with E-state index in [9.17, 15) is 18.0 Å². The second kappa shape index (κ2) is 5.69. The highest BCUT2D eigenvalue weighted by Crippen LogP contribution is 2.34. The Morgan fingerprint density at radius 2 is 2.10 bits per heavy atom. The van der Waals surface area contributed by atoms with Gasteiger partial charge in [-0.1, -0.05) is 17.7 Å². The Balaban J connectivity index is 2.36. The van der Waals surface area contributed by atoms with Crippen LogP contribution in [-0.4, -0.2) is 20.5 Å². The lowest BCUT2D eigenvalue weighted by molar-refractivity contribution is -0.141. The molecule has 4 nitrogen and oxygen atoms in total. The van der Waals surface area contributed by atoms with Gasteiger partial charge in [0.1, 0.15) is 10.8 Å². The monoisotopic (exact) mass is 315 g/mol. The number of alkyl halides is 3. The van der Waals surface area contributed by atoms with Crippen molar-refractivity contribution in [1.29, 1.82) is 0 Å². The SMILES string of the molecule is Cn1nc(C(F)(F)F)c(C=CC(=O)c2ccccn2)c1Cl. The Labute approximate surface area is 122 Å². The number of halogens is 4. The molecule has 0 radical (unpaired) electrons. The van der Waals surface area contributed by atoms with Crippen LogP contribution in [0.25, 0.3) is 6.08 Å². The fourth-order valence-electron chi connectivity index (χ4n) is 1.63. The molecule has 110 valence electrons. The summed E-state index contributed by atoms with van der Waals surface area (Å²) in [4.78, 5) is 15.6. The van der Waals surface area contributed by atoms with Gasteiger partial charge in [0, 0.05) is 18.8 Å². The van der Waals surface area contributed by atoms with Crippen molar-refractivity contribution in [3.8, 4) is 0 Å². The third-order valence-corrected chi connectivity index (χ3v) is 3.05. The van der Waals surface area contributed by atoms with Crippen LogP contribution in [0.2, 0.25) is 5.15 Å². The first-order valence-corrected chi connectivity index (χ1v) is 6.11. The highest BCUT2D eigenvalue weighted by Gasteiger charge is 2.37. The van der Waals surface area contributed by atoms with E-state index >= 15 is 0 Å². The van der Waals surface area contributed by atoms with Crippen molar-refractivity contribution in [2.75, 3.05) is 0 Å². The molecule has 2 rings (SSSR count). The largest absolute Gasteiger partial charge is 0.435 e. The minimum absolute atomic E-state index is 0.127. The van der Waals surface area contributed by atoms with Crippen LogP contribution in [0.3, 0.4) is 0 Å². The maximum Gasteiger partial charge on any atom is 0.435 e. The molecule has 0 aliphatic carbocycles. The summed E-state index contributed by atoms with van der Waals surface area (Å²) in [6, 6.07) is 4.69. The van der Waals surface area contributed by atoms with Crippen molar-refractivity contribution in [3.63, 3.8) is 0 Å². The number of rotatable bonds is 3. The van der Waals surface area contributed by atoms with Crippen LogP contribution in [0.1, 0.15) is 21.7 Å². The van der Waals surface area contributed by atoms with Crippen LogP contribution in [0.5, 0.6) is 0 Å². The van der Waals surface area contributed by atoms with E-state index in [1.165, 1.54) is 19.3 Å². The number of allylic oxidation sites excluding steroid dienone is 1. The molecule has 0 aromatic carbocycles. The number of hydrogen-bond acceptors (Lipinski definition) is 3. The quantitative estimate of drug-likeness (QED) is 0.644. The van der Waals surface area contributed by atoms with Crippen molar-refractivity contribution in [2.45, 2.75) is 6.18 Å². The molecule has 0 N–H and O–H groups in total. The zero-order valence-corrected chi connectivity index (χ0v) is 11.5. The molecule has 0 aliphatic heterocycles. The maximum absolute atomic E-state index is 12.8. The van der Waals surface area contributed by atoms with E-state index in [4.69, 9.17) is 11.6 Å². The third kappa shape index (κ3) is 3.30. The molecule has 8 heteroatoms. The summed E-state index contributed by atoms with van der Waals surface area (Å²) in [5, 5.41) is 3.11. The molecular weight excluding hydrogens is 307 g/mol. The molecule has 0 aliphatic rings. The van der Waals surface area contributed by atoms with Crippen LogP contribution in [0.15, 0.2) is 30.5 Å². The first kappa shape index (κ1) is 15.2. The van der Waals surface area contributed by atoms with Gasteiger partial charge in [-0.25, -0.2) is 0 Å². The molecule has 0 saturated heterocycles. The molecule has 0 fully saturated rings. The van der Waals surface area contributed by atoms with Gasteiger partial charge in [0.2, 0.25) is 5.78 Å². The van der Waals surface area contributed by atoms with Crippen LogP contribution < -0.4 is 0 Å². The summed E-state index contributed by atoms with van der Waals surface area (Å²) in [5.74, 6) is -0.524. The molecule has 0 amide bonds. The molecule has 0 atom stereocenters. The molecular formula is C13H9ClF3N3O. The third-order valence-electron chi connectivity index (χ3n) is 2.60. The smallest absolute Gasteiger partial charge is 0.288 e. The number of aryl methyl sites for hydroxylation is 1. The Hall–Kier alpha value is -2.15. The minimum atomic E-state index is -4.65. The number of nitrogens with zero attached hydrogens (tertiary/aromatic N) is 3. The van der Waals surface area contributed by atoms with Crippen molar-refractivity contribution >= 4 is 23.5 Å². The van der Waals surface area contributed by atoms with E-state index in [0.717, 1.165) is 16.8 Å². The lowest BCUT2D eigenvalue weighted by Gasteiger charge is -2.02. The summed E-state index contributed by atoms with van der Waals surface area (Å²) < 4.78 is 39.4. The average molecular weight is 316 g/mol. The minimum Gasteiger partial charge on any atom is -0.288 e. The van der Waals surface area contributed by atoms with E-state index in [-0.39, 0.29) is 16.4 Å². The summed E-state index contributed by atoms with van der Waals surface area (Å²) in [7, 11) is 1.29. The number of carbonyl (C=O) groups excluding carboxylic acids is 1. The van der Waals surface area contributed by atoms with Crippen LogP contribution in [0.4, 0.5) is 13.2 Å². The van der Waals surface area contributed by atoms with Gasteiger partial charge < -0.3 is 0 Å². The number of pyridine rings is 1. The van der Waals surface area contributed by atoms with Crippen LogP contribution in [0, 0.1) is 0 Å². The number of hydrogen-bond donors (Lipinski definition) is 0. The highest BCUT2D eigenvalue weighted by atomic mass is 35.5. The topological polar surface area (TPSA) is 47.8 Å². The molecule has 2 aromatic rings. The maximum atomic E-state index is 12.8. The highest BCUT2D eigenvalue weighted by molar-refractivity contribution is 6.31. The van der Waals surface area contributed by atoms with Gasteiger partial charge in [0.15, 0.2) is 5.69 Å². The first-order chi connectivity index (χ1) is 9.80. The Bertz CT molecular complexity index is 693. The van der Waals surface area contributed by atoms with Crippen molar-refractivity contribution < 1.29 is 18.0 Å². The average Bonchev–Trinajstić information content (AvgIpc) is 2.73. The standard InChI is InChI=1S/C13H9ClF3N3O/c1-20-12(14)8(11(19-20)13(15,16)17)5-6-10(21)9-4-2-3-7-18-9/h2-7H,1H3. The lowest BCUT2D eigenvalue weighted by Crippen LogP contribution is -2.08. The van der Waals surface area contributed by atoms with Crippen LogP contribution >= 0.6 is 11.6 Å². The number of aromatic nitrogens is 3. The Morgan fingerprint density at radius 1 is 1.38 bits per heavy atom. The van der Waals surface area contributed by atoms with Crippen molar-refractivity contribution in [1.82, 2.24) is 14.8 Å². The van der Waals surface area contributed by atoms with Gasteiger partial charge >= 0.3 is 6.18 Å². The Morgan fingerprint density at radius 3 is 2.67 bits per heavy atom. The molecule has 21 heavy (non-hydrogen) atoms. The molecule has 0 spiro atoms. The summed E-state index contributed by atoms with van der Waals surface area (Å²) >= 11 is 5.77. The molecule has 2 aromatic heterocycles. The van der Waals surface area contributed by atoms with E-state index in [2.05, 4.69) is 10.1 Å². The van der Waals surface area contributed by atoms with Gasteiger partial charge in [0.05, 0.1) is 0 Å². The fraction of sp³-hybridized carbons (Fsp3) is 0.154. The van der Waals surface area contributed by atoms with E-state index < -0.39 is 17.7 Å². The predicted octanol–water partition coefficient (Wildman–Crippen LogP) is 3.38. The summed E-state index contributed by atoms with van der Waals surface area (Å²) in [6.45, 7) is 0. The number of carbonyl (C=O) groups is 1. The zero-order valence-electron chi connectivity index (χ0n) is 10.7. The fourth-order valence-corrected chi connectivity index (χ4v) is 1.82. The van der Waals surface area contributed by atoms with Gasteiger partial charge in [-0.3, -0.25) is 14.5 Å². The first-order valence-electron chi connectivity index (χ1n) is 5.74. The summed E-state index contributed by atoms with van der Waals surface area (Å²) in [5.41, 5.74) is -1.36. The summed E-state index contributed by atoms with van der Waals surface area (Å²) in [6.07, 6.45) is -1.26. The zero-order chi connectivity index (χ0) is 15.6. The Kier molecular flexibility index (Phi) is 4.13. The van der Waals surface area contributed by atoms with E-state index in [0.29, 0.717) is 0 Å². The van der Waals surface area contributed by atoms with Crippen molar-refractivity contribution in [3.05, 3.63) is 52.6 Å². The van der Waals surface area contributed by atoms with E-state index in [1.54, 1.807) is 12.1 Å². The van der Waals surface area contributed by atoms with Gasteiger partial charge in [-0.2, -0.15) is 18.3 Å². The second-order valence-corrected chi connectivity index (χ2v) is 4.45. The second-order valence-electron chi connectivity index (χ2n) is 4.09. The van der Waals surface area contributed by atoms with E-state index in [1.807, 2.05) is 0 Å². The van der Waals surface area contributed by atoms with Crippen molar-refractivity contribution in [2.24, 2.45) is 7.05 Å².